The molecule has 0 aromatic carbocycles. The fourth-order valence-corrected chi connectivity index (χ4v) is 3.01. The van der Waals surface area contributed by atoms with E-state index in [1.807, 2.05) is 6.92 Å². The van der Waals surface area contributed by atoms with E-state index in [1.54, 1.807) is 6.07 Å². The molecule has 1 unspecified atom stereocenters. The number of thiophene rings is 1. The van der Waals surface area contributed by atoms with Crippen molar-refractivity contribution in [1.82, 2.24) is 5.32 Å². The summed E-state index contributed by atoms with van der Waals surface area (Å²) >= 11 is 1.29. The van der Waals surface area contributed by atoms with Crippen molar-refractivity contribution >= 4 is 29.3 Å². The molecule has 2 heterocycles. The number of ether oxygens (including phenoxy) is 1. The average molecular weight is 295 g/mol. The van der Waals surface area contributed by atoms with Crippen LogP contribution in [0.3, 0.4) is 0 Å². The molecule has 2 N–H and O–H groups in total. The lowest BCUT2D eigenvalue weighted by Gasteiger charge is -2.09. The van der Waals surface area contributed by atoms with Gasteiger partial charge < -0.3 is 15.2 Å². The zero-order valence-electron chi connectivity index (χ0n) is 11.2. The third-order valence-corrected chi connectivity index (χ3v) is 4.27. The fraction of sp³-hybridized carbons (Fsp3) is 0.429. The first-order chi connectivity index (χ1) is 9.56. The molecular weight excluding hydrogens is 278 g/mol. The highest BCUT2D eigenvalue weighted by molar-refractivity contribution is 7.15. The van der Waals surface area contributed by atoms with Gasteiger partial charge in [-0.1, -0.05) is 0 Å². The van der Waals surface area contributed by atoms with Crippen LogP contribution < -0.4 is 5.32 Å². The van der Waals surface area contributed by atoms with Crippen molar-refractivity contribution < 1.29 is 19.4 Å². The summed E-state index contributed by atoms with van der Waals surface area (Å²) in [6.07, 6.45) is 4.73. The number of hydrogen-bond donors (Lipinski definition) is 2. The molecule has 1 aliphatic rings. The van der Waals surface area contributed by atoms with E-state index in [2.05, 4.69) is 5.32 Å². The van der Waals surface area contributed by atoms with Crippen molar-refractivity contribution in [3.05, 3.63) is 27.5 Å². The standard InChI is InChI=1S/C14H17NO4S/c1-9-7-12(20-11(9)4-5-13(16)17)14(18)15-8-10-3-2-6-19-10/h4-5,7,10H,2-3,6,8H2,1H3,(H,15,18)(H,16,17)/b5-4+. The van der Waals surface area contributed by atoms with E-state index in [-0.39, 0.29) is 12.0 Å². The number of nitrogens with one attached hydrogen (secondary N) is 1. The van der Waals surface area contributed by atoms with Crippen molar-refractivity contribution in [2.24, 2.45) is 0 Å². The lowest BCUT2D eigenvalue weighted by Crippen LogP contribution is -2.31. The van der Waals surface area contributed by atoms with Crippen LogP contribution in [0.5, 0.6) is 0 Å². The topological polar surface area (TPSA) is 75.6 Å². The van der Waals surface area contributed by atoms with E-state index >= 15 is 0 Å². The SMILES string of the molecule is Cc1cc(C(=O)NCC2CCCO2)sc1/C=C/C(=O)O. The number of carboxylic acid groups (broad SMARTS) is 1. The van der Waals surface area contributed by atoms with Crippen LogP contribution in [0.1, 0.15) is 33.0 Å². The van der Waals surface area contributed by atoms with Gasteiger partial charge in [-0.15, -0.1) is 11.3 Å². The number of aliphatic carboxylic acids is 1. The Morgan fingerprint density at radius 3 is 3.05 bits per heavy atom. The molecule has 5 nitrogen and oxygen atoms in total. The molecule has 0 spiro atoms. The Bertz CT molecular complexity index is 529. The van der Waals surface area contributed by atoms with Gasteiger partial charge in [-0.2, -0.15) is 0 Å². The zero-order chi connectivity index (χ0) is 14.5. The molecule has 1 aromatic heterocycles. The predicted molar refractivity (Wildman–Crippen MR) is 77.0 cm³/mol. The van der Waals surface area contributed by atoms with Crippen LogP contribution in [0.2, 0.25) is 0 Å². The highest BCUT2D eigenvalue weighted by atomic mass is 32.1. The minimum absolute atomic E-state index is 0.117. The number of aryl methyl sites for hydroxylation is 1. The van der Waals surface area contributed by atoms with Crippen molar-refractivity contribution in [1.29, 1.82) is 0 Å². The first-order valence-corrected chi connectivity index (χ1v) is 7.29. The fourth-order valence-electron chi connectivity index (χ4n) is 2.02. The predicted octanol–water partition coefficient (Wildman–Crippen LogP) is 2.06. The Labute approximate surface area is 121 Å². The van der Waals surface area contributed by atoms with Gasteiger partial charge >= 0.3 is 5.97 Å². The Kier molecular flexibility index (Phi) is 4.92. The van der Waals surface area contributed by atoms with Gasteiger partial charge in [0.05, 0.1) is 11.0 Å². The molecule has 1 amide bonds. The second-order valence-electron chi connectivity index (χ2n) is 4.67. The third kappa shape index (κ3) is 3.91. The van der Waals surface area contributed by atoms with Crippen molar-refractivity contribution in [2.45, 2.75) is 25.9 Å². The molecule has 108 valence electrons. The van der Waals surface area contributed by atoms with Crippen LogP contribution in [0.25, 0.3) is 6.08 Å². The average Bonchev–Trinajstić information content (AvgIpc) is 3.03. The van der Waals surface area contributed by atoms with Crippen LogP contribution in [-0.2, 0) is 9.53 Å². The minimum Gasteiger partial charge on any atom is -0.478 e. The van der Waals surface area contributed by atoms with E-state index in [9.17, 15) is 9.59 Å². The lowest BCUT2D eigenvalue weighted by atomic mass is 10.2. The molecule has 0 radical (unpaired) electrons. The van der Waals surface area contributed by atoms with Crippen molar-refractivity contribution in [2.75, 3.05) is 13.2 Å². The Morgan fingerprint density at radius 2 is 2.40 bits per heavy atom. The first-order valence-electron chi connectivity index (χ1n) is 6.47. The van der Waals surface area contributed by atoms with E-state index in [0.717, 1.165) is 36.0 Å². The van der Waals surface area contributed by atoms with Crippen molar-refractivity contribution in [3.8, 4) is 0 Å². The van der Waals surface area contributed by atoms with Gasteiger partial charge in [0.25, 0.3) is 5.91 Å². The van der Waals surface area contributed by atoms with Gasteiger partial charge in [-0.05, 0) is 37.5 Å². The molecule has 20 heavy (non-hydrogen) atoms. The summed E-state index contributed by atoms with van der Waals surface area (Å²) < 4.78 is 5.45. The zero-order valence-corrected chi connectivity index (χ0v) is 12.0. The summed E-state index contributed by atoms with van der Waals surface area (Å²) in [5, 5.41) is 11.5. The maximum absolute atomic E-state index is 12.0. The van der Waals surface area contributed by atoms with Gasteiger partial charge in [-0.3, -0.25) is 4.79 Å². The lowest BCUT2D eigenvalue weighted by molar-refractivity contribution is -0.131. The highest BCUT2D eigenvalue weighted by Crippen LogP contribution is 2.23. The van der Waals surface area contributed by atoms with Crippen LogP contribution in [0.4, 0.5) is 0 Å². The van der Waals surface area contributed by atoms with E-state index in [0.29, 0.717) is 11.4 Å². The minimum atomic E-state index is -0.998. The van der Waals surface area contributed by atoms with Crippen LogP contribution in [-0.4, -0.2) is 36.2 Å². The number of carboxylic acids is 1. The monoisotopic (exact) mass is 295 g/mol. The summed E-state index contributed by atoms with van der Waals surface area (Å²) in [5.41, 5.74) is 0.898. The molecule has 0 bridgehead atoms. The second kappa shape index (κ2) is 6.67. The molecule has 6 heteroatoms. The largest absolute Gasteiger partial charge is 0.478 e. The third-order valence-electron chi connectivity index (χ3n) is 3.07. The summed E-state index contributed by atoms with van der Waals surface area (Å²) in [4.78, 5) is 23.9. The van der Waals surface area contributed by atoms with Crippen LogP contribution in [0.15, 0.2) is 12.1 Å². The quantitative estimate of drug-likeness (QED) is 0.815. The highest BCUT2D eigenvalue weighted by Gasteiger charge is 2.17. The van der Waals surface area contributed by atoms with Gasteiger partial charge in [-0.25, -0.2) is 4.79 Å². The van der Waals surface area contributed by atoms with Crippen LogP contribution >= 0.6 is 11.3 Å². The molecule has 1 aromatic rings. The molecular formula is C14H17NO4S. The maximum Gasteiger partial charge on any atom is 0.328 e. The van der Waals surface area contributed by atoms with Crippen molar-refractivity contribution in [3.63, 3.8) is 0 Å². The summed E-state index contributed by atoms with van der Waals surface area (Å²) in [6, 6.07) is 1.77. The summed E-state index contributed by atoms with van der Waals surface area (Å²) in [6.45, 7) is 3.15. The smallest absolute Gasteiger partial charge is 0.328 e. The molecule has 1 saturated heterocycles. The number of carbonyl (C=O) groups excluding carboxylic acids is 1. The molecule has 2 rings (SSSR count). The van der Waals surface area contributed by atoms with Gasteiger partial charge in [0.2, 0.25) is 0 Å². The van der Waals surface area contributed by atoms with E-state index in [4.69, 9.17) is 9.84 Å². The van der Waals surface area contributed by atoms with E-state index < -0.39 is 5.97 Å². The molecule has 0 saturated carbocycles. The molecule has 1 aliphatic heterocycles. The summed E-state index contributed by atoms with van der Waals surface area (Å²) in [5.74, 6) is -1.13. The summed E-state index contributed by atoms with van der Waals surface area (Å²) in [7, 11) is 0. The second-order valence-corrected chi connectivity index (χ2v) is 5.76. The maximum atomic E-state index is 12.0. The van der Waals surface area contributed by atoms with Gasteiger partial charge in [0.1, 0.15) is 0 Å². The Balaban J connectivity index is 1.95. The number of carbonyl (C=O) groups is 2. The van der Waals surface area contributed by atoms with E-state index in [1.165, 1.54) is 17.4 Å². The Hall–Kier alpha value is -1.66. The molecule has 1 atom stereocenters. The normalized spacial score (nSPS) is 18.6. The van der Waals surface area contributed by atoms with Gasteiger partial charge in [0.15, 0.2) is 0 Å². The first kappa shape index (κ1) is 14.7. The molecule has 0 aliphatic carbocycles. The number of hydrogen-bond acceptors (Lipinski definition) is 4. The Morgan fingerprint density at radius 1 is 1.60 bits per heavy atom. The number of amides is 1. The number of rotatable bonds is 5. The molecule has 1 fully saturated rings. The van der Waals surface area contributed by atoms with Gasteiger partial charge in [0, 0.05) is 24.1 Å². The van der Waals surface area contributed by atoms with Crippen LogP contribution in [0, 0.1) is 6.92 Å².